The van der Waals surface area contributed by atoms with Crippen LogP contribution in [0.15, 0.2) is 54.6 Å². The molecule has 0 aliphatic rings. The summed E-state index contributed by atoms with van der Waals surface area (Å²) in [5.41, 5.74) is 1.11. The number of ether oxygens (including phenoxy) is 2. The quantitative estimate of drug-likeness (QED) is 0.479. The van der Waals surface area contributed by atoms with E-state index in [9.17, 15) is 4.79 Å². The second-order valence-corrected chi connectivity index (χ2v) is 5.31. The van der Waals surface area contributed by atoms with Gasteiger partial charge in [0.1, 0.15) is 11.5 Å². The Morgan fingerprint density at radius 2 is 1.70 bits per heavy atom. The number of esters is 1. The lowest BCUT2D eigenvalue weighted by molar-refractivity contribution is -0.133. The number of thiocarbonyl (C=S) groups is 1. The molecule has 120 valence electrons. The normalized spacial score (nSPS) is 9.96. The smallest absolute Gasteiger partial charge is 0.318 e. The number of carbonyl (C=O) groups excluding carboxylic acids is 1. The first kappa shape index (κ1) is 17.0. The van der Waals surface area contributed by atoms with Crippen LogP contribution < -0.4 is 14.8 Å². The molecule has 0 saturated heterocycles. The Bertz CT molecular complexity index is 641. The molecule has 0 fully saturated rings. The van der Waals surface area contributed by atoms with Crippen molar-refractivity contribution in [2.75, 3.05) is 6.61 Å². The average Bonchev–Trinajstić information content (AvgIpc) is 2.56. The van der Waals surface area contributed by atoms with Gasteiger partial charge in [0.05, 0.1) is 18.0 Å². The molecule has 2 rings (SSSR count). The number of rotatable bonds is 7. The molecule has 2 aromatic rings. The minimum Gasteiger partial charge on any atom is -0.494 e. The molecule has 0 atom stereocenters. The highest BCUT2D eigenvalue weighted by atomic mass is 32.1. The molecule has 0 radical (unpaired) electrons. The average molecular weight is 329 g/mol. The van der Waals surface area contributed by atoms with Crippen molar-refractivity contribution in [2.45, 2.75) is 19.9 Å². The highest BCUT2D eigenvalue weighted by Crippen LogP contribution is 2.17. The molecule has 0 unspecified atom stereocenters. The van der Waals surface area contributed by atoms with E-state index < -0.39 is 0 Å². The third kappa shape index (κ3) is 6.08. The Morgan fingerprint density at radius 1 is 1.04 bits per heavy atom. The zero-order valence-corrected chi connectivity index (χ0v) is 13.8. The largest absolute Gasteiger partial charge is 0.494 e. The van der Waals surface area contributed by atoms with Crippen LogP contribution in [0.1, 0.15) is 18.9 Å². The van der Waals surface area contributed by atoms with E-state index in [1.807, 2.05) is 37.3 Å². The van der Waals surface area contributed by atoms with Gasteiger partial charge in [0.2, 0.25) is 0 Å². The second-order valence-electron chi connectivity index (χ2n) is 4.82. The molecule has 0 amide bonds. The summed E-state index contributed by atoms with van der Waals surface area (Å²) in [6, 6.07) is 16.8. The molecule has 0 saturated carbocycles. The third-order valence-corrected chi connectivity index (χ3v) is 3.29. The van der Waals surface area contributed by atoms with Gasteiger partial charge in [-0.1, -0.05) is 42.5 Å². The van der Waals surface area contributed by atoms with Crippen molar-refractivity contribution in [3.8, 4) is 11.5 Å². The fraction of sp³-hybridized carbons (Fsp3) is 0.222. The van der Waals surface area contributed by atoms with Gasteiger partial charge in [-0.05, 0) is 36.8 Å². The summed E-state index contributed by atoms with van der Waals surface area (Å²) >= 11 is 5.17. The Kier molecular flexibility index (Phi) is 6.56. The third-order valence-electron chi connectivity index (χ3n) is 3.00. The van der Waals surface area contributed by atoms with Gasteiger partial charge >= 0.3 is 5.97 Å². The molecule has 0 heterocycles. The Morgan fingerprint density at radius 3 is 2.35 bits per heavy atom. The minimum absolute atomic E-state index is 0.0510. The predicted octanol–water partition coefficient (Wildman–Crippen LogP) is 3.50. The van der Waals surface area contributed by atoms with E-state index in [-0.39, 0.29) is 12.4 Å². The van der Waals surface area contributed by atoms with Gasteiger partial charge in [0.15, 0.2) is 0 Å². The van der Waals surface area contributed by atoms with Crippen LogP contribution in [0.4, 0.5) is 0 Å². The number of hydrogen-bond donors (Lipinski definition) is 1. The summed E-state index contributed by atoms with van der Waals surface area (Å²) in [5.74, 6) is 0.830. The van der Waals surface area contributed by atoms with Gasteiger partial charge in [0, 0.05) is 6.54 Å². The molecular weight excluding hydrogens is 310 g/mol. The van der Waals surface area contributed by atoms with Crippen molar-refractivity contribution in [1.82, 2.24) is 5.32 Å². The van der Waals surface area contributed by atoms with E-state index >= 15 is 0 Å². The van der Waals surface area contributed by atoms with Crippen LogP contribution in [0.3, 0.4) is 0 Å². The van der Waals surface area contributed by atoms with Crippen LogP contribution in [0, 0.1) is 0 Å². The fourth-order valence-corrected chi connectivity index (χ4v) is 2.12. The highest BCUT2D eigenvalue weighted by Gasteiger charge is 2.09. The zero-order valence-electron chi connectivity index (χ0n) is 13.0. The standard InChI is InChI=1S/C18H19NO3S/c1-2-21-15-8-10-16(11-9-15)22-18(20)12-17(23)19-13-14-6-4-3-5-7-14/h3-11H,2,12-13H2,1H3,(H,19,23). The zero-order chi connectivity index (χ0) is 16.5. The fourth-order valence-electron chi connectivity index (χ4n) is 1.93. The summed E-state index contributed by atoms with van der Waals surface area (Å²) in [4.78, 5) is 12.3. The lowest BCUT2D eigenvalue weighted by atomic mass is 10.2. The summed E-state index contributed by atoms with van der Waals surface area (Å²) in [7, 11) is 0. The molecule has 1 N–H and O–H groups in total. The van der Waals surface area contributed by atoms with Crippen LogP contribution in [-0.4, -0.2) is 17.6 Å². The van der Waals surface area contributed by atoms with Crippen molar-refractivity contribution >= 4 is 23.2 Å². The molecule has 0 aliphatic carbocycles. The first-order chi connectivity index (χ1) is 11.2. The lowest BCUT2D eigenvalue weighted by Crippen LogP contribution is -2.25. The topological polar surface area (TPSA) is 47.6 Å². The van der Waals surface area contributed by atoms with Gasteiger partial charge < -0.3 is 14.8 Å². The van der Waals surface area contributed by atoms with Gasteiger partial charge in [-0.25, -0.2) is 0 Å². The number of nitrogens with one attached hydrogen (secondary N) is 1. The van der Waals surface area contributed by atoms with Crippen molar-refractivity contribution in [2.24, 2.45) is 0 Å². The van der Waals surface area contributed by atoms with Crippen LogP contribution in [0.5, 0.6) is 11.5 Å². The molecule has 4 nitrogen and oxygen atoms in total. The summed E-state index contributed by atoms with van der Waals surface area (Å²) in [6.45, 7) is 3.10. The van der Waals surface area contributed by atoms with Gasteiger partial charge in [-0.3, -0.25) is 4.79 Å². The van der Waals surface area contributed by atoms with Crippen LogP contribution in [-0.2, 0) is 11.3 Å². The van der Waals surface area contributed by atoms with Crippen LogP contribution >= 0.6 is 12.2 Å². The van der Waals surface area contributed by atoms with E-state index in [1.165, 1.54) is 0 Å². The molecule has 0 aromatic heterocycles. The van der Waals surface area contributed by atoms with Crippen LogP contribution in [0.2, 0.25) is 0 Å². The highest BCUT2D eigenvalue weighted by molar-refractivity contribution is 7.80. The van der Waals surface area contributed by atoms with E-state index in [0.29, 0.717) is 23.9 Å². The first-order valence-electron chi connectivity index (χ1n) is 7.41. The minimum atomic E-state index is -0.389. The van der Waals surface area contributed by atoms with E-state index in [1.54, 1.807) is 24.3 Å². The predicted molar refractivity (Wildman–Crippen MR) is 93.7 cm³/mol. The first-order valence-corrected chi connectivity index (χ1v) is 7.82. The summed E-state index contributed by atoms with van der Waals surface area (Å²) in [6.07, 6.45) is 0.0510. The van der Waals surface area contributed by atoms with Crippen molar-refractivity contribution in [3.63, 3.8) is 0 Å². The van der Waals surface area contributed by atoms with Crippen molar-refractivity contribution < 1.29 is 14.3 Å². The van der Waals surface area contributed by atoms with Crippen molar-refractivity contribution in [3.05, 3.63) is 60.2 Å². The van der Waals surface area contributed by atoms with E-state index in [4.69, 9.17) is 21.7 Å². The number of hydrogen-bond acceptors (Lipinski definition) is 4. The molecule has 0 aliphatic heterocycles. The summed E-state index contributed by atoms with van der Waals surface area (Å²) in [5, 5.41) is 3.05. The second kappa shape index (κ2) is 8.90. The summed E-state index contributed by atoms with van der Waals surface area (Å²) < 4.78 is 10.6. The Hall–Kier alpha value is -2.40. The maximum Gasteiger partial charge on any atom is 0.318 e. The number of benzene rings is 2. The molecular formula is C18H19NO3S. The SMILES string of the molecule is CCOc1ccc(OC(=O)CC(=S)NCc2ccccc2)cc1. The lowest BCUT2D eigenvalue weighted by Gasteiger charge is -2.09. The Labute approximate surface area is 141 Å². The molecule has 2 aromatic carbocycles. The number of carbonyl (C=O) groups is 1. The van der Waals surface area contributed by atoms with Crippen LogP contribution in [0.25, 0.3) is 0 Å². The molecule has 23 heavy (non-hydrogen) atoms. The molecule has 0 spiro atoms. The maximum atomic E-state index is 11.9. The molecule has 0 bridgehead atoms. The maximum absolute atomic E-state index is 11.9. The Balaban J connectivity index is 1.76. The van der Waals surface area contributed by atoms with Gasteiger partial charge in [-0.2, -0.15) is 0 Å². The molecule has 5 heteroatoms. The monoisotopic (exact) mass is 329 g/mol. The van der Waals surface area contributed by atoms with Gasteiger partial charge in [-0.15, -0.1) is 0 Å². The van der Waals surface area contributed by atoms with Gasteiger partial charge in [0.25, 0.3) is 0 Å². The van der Waals surface area contributed by atoms with E-state index in [2.05, 4.69) is 5.32 Å². The van der Waals surface area contributed by atoms with E-state index in [0.717, 1.165) is 11.3 Å². The van der Waals surface area contributed by atoms with Crippen molar-refractivity contribution in [1.29, 1.82) is 0 Å².